The number of ether oxygens (including phenoxy) is 2. The van der Waals surface area contributed by atoms with E-state index in [-0.39, 0.29) is 38.0 Å². The highest BCUT2D eigenvalue weighted by Gasteiger charge is 2.55. The maximum absolute atomic E-state index is 13.5. The third-order valence-corrected chi connectivity index (χ3v) is 11.2. The molecule has 5 rings (SSSR count). The SMILES string of the molecule is O=C(COC(=O)C(Cc1ccccc1)N1C(=O)C2CC(Br)C(Br)CC2C1=O)c1ccc(OC(=O)c2ccc(Cl)c(Cl)c2)cc1. The third kappa shape index (κ3) is 7.09. The van der Waals surface area contributed by atoms with E-state index in [9.17, 15) is 24.0 Å². The molecular weight excluding hydrogens is 741 g/mol. The summed E-state index contributed by atoms with van der Waals surface area (Å²) in [6, 6.07) is 17.8. The van der Waals surface area contributed by atoms with E-state index in [0.29, 0.717) is 17.9 Å². The van der Waals surface area contributed by atoms with Crippen LogP contribution in [0, 0.1) is 11.8 Å². The predicted octanol–water partition coefficient (Wildman–Crippen LogP) is 6.47. The number of carbonyl (C=O) groups excluding carboxylic acids is 5. The number of amides is 2. The lowest BCUT2D eigenvalue weighted by Gasteiger charge is -2.29. The van der Waals surface area contributed by atoms with Gasteiger partial charge >= 0.3 is 11.9 Å². The number of carbonyl (C=O) groups is 5. The number of esters is 2. The van der Waals surface area contributed by atoms with Gasteiger partial charge < -0.3 is 9.47 Å². The molecule has 2 fully saturated rings. The van der Waals surface area contributed by atoms with Crippen molar-refractivity contribution in [3.8, 4) is 5.75 Å². The second-order valence-corrected chi connectivity index (χ2v) is 13.7. The van der Waals surface area contributed by atoms with Crippen LogP contribution in [0.2, 0.25) is 10.0 Å². The smallest absolute Gasteiger partial charge is 0.343 e. The molecule has 1 aliphatic heterocycles. The van der Waals surface area contributed by atoms with E-state index in [0.717, 1.165) is 10.5 Å². The summed E-state index contributed by atoms with van der Waals surface area (Å²) in [5.74, 6) is -3.71. The Bertz CT molecular complexity index is 1570. The first-order valence-electron chi connectivity index (χ1n) is 13.7. The lowest BCUT2D eigenvalue weighted by atomic mass is 9.81. The molecule has 1 heterocycles. The number of alkyl halides is 2. The minimum Gasteiger partial charge on any atom is -0.456 e. The maximum Gasteiger partial charge on any atom is 0.343 e. The van der Waals surface area contributed by atoms with Crippen molar-refractivity contribution in [1.82, 2.24) is 4.90 Å². The van der Waals surface area contributed by atoms with Crippen LogP contribution in [0.5, 0.6) is 5.75 Å². The van der Waals surface area contributed by atoms with Crippen molar-refractivity contribution in [2.75, 3.05) is 6.61 Å². The lowest BCUT2D eigenvalue weighted by Crippen LogP contribution is -2.48. The van der Waals surface area contributed by atoms with Gasteiger partial charge in [-0.1, -0.05) is 85.4 Å². The van der Waals surface area contributed by atoms with Gasteiger partial charge in [0.05, 0.1) is 27.4 Å². The van der Waals surface area contributed by atoms with Crippen LogP contribution in [-0.2, 0) is 25.5 Å². The number of hydrogen-bond acceptors (Lipinski definition) is 7. The van der Waals surface area contributed by atoms with Gasteiger partial charge in [-0.25, -0.2) is 9.59 Å². The van der Waals surface area contributed by atoms with Crippen molar-refractivity contribution in [1.29, 1.82) is 0 Å². The largest absolute Gasteiger partial charge is 0.456 e. The molecule has 3 aromatic carbocycles. The Kier molecular flexibility index (Phi) is 10.2. The fourth-order valence-corrected chi connectivity index (χ4v) is 6.89. The molecule has 0 bridgehead atoms. The van der Waals surface area contributed by atoms with E-state index in [2.05, 4.69) is 31.9 Å². The fraction of sp³-hybridized carbons (Fsp3) is 0.281. The van der Waals surface area contributed by atoms with Gasteiger partial charge in [0.15, 0.2) is 12.4 Å². The van der Waals surface area contributed by atoms with Gasteiger partial charge in [0, 0.05) is 21.6 Å². The first kappa shape index (κ1) is 32.3. The van der Waals surface area contributed by atoms with Crippen LogP contribution in [0.3, 0.4) is 0 Å². The molecule has 5 unspecified atom stereocenters. The lowest BCUT2D eigenvalue weighted by molar-refractivity contribution is -0.158. The van der Waals surface area contributed by atoms with Crippen molar-refractivity contribution in [2.45, 2.75) is 35.0 Å². The molecule has 8 nitrogen and oxygen atoms in total. The van der Waals surface area contributed by atoms with Gasteiger partial charge in [-0.2, -0.15) is 0 Å². The summed E-state index contributed by atoms with van der Waals surface area (Å²) < 4.78 is 10.7. The number of likely N-dealkylation sites (tertiary alicyclic amines) is 1. The van der Waals surface area contributed by atoms with Gasteiger partial charge in [0.2, 0.25) is 11.8 Å². The fourth-order valence-electron chi connectivity index (χ4n) is 5.36. The highest BCUT2D eigenvalue weighted by Crippen LogP contribution is 2.44. The molecule has 0 spiro atoms. The van der Waals surface area contributed by atoms with Crippen LogP contribution in [0.4, 0.5) is 0 Å². The van der Waals surface area contributed by atoms with Gasteiger partial charge in [0.1, 0.15) is 11.8 Å². The second-order valence-electron chi connectivity index (χ2n) is 10.5. The monoisotopic (exact) mass is 763 g/mol. The average Bonchev–Trinajstić information content (AvgIpc) is 3.24. The number of nitrogens with zero attached hydrogens (tertiary/aromatic N) is 1. The van der Waals surface area contributed by atoms with E-state index in [1.807, 2.05) is 6.07 Å². The number of imide groups is 1. The Hall–Kier alpha value is -3.05. The number of rotatable bonds is 9. The first-order valence-corrected chi connectivity index (χ1v) is 16.3. The zero-order valence-corrected chi connectivity index (χ0v) is 27.6. The van der Waals surface area contributed by atoms with Crippen molar-refractivity contribution < 1.29 is 33.4 Å². The predicted molar refractivity (Wildman–Crippen MR) is 171 cm³/mol. The number of halogens is 4. The summed E-state index contributed by atoms with van der Waals surface area (Å²) in [5, 5.41) is 0.509. The molecular formula is C32H25Br2Cl2NO7. The quantitative estimate of drug-likeness (QED) is 0.0809. The number of hydrogen-bond donors (Lipinski definition) is 0. The van der Waals surface area contributed by atoms with Crippen LogP contribution < -0.4 is 4.74 Å². The van der Waals surface area contributed by atoms with Crippen molar-refractivity contribution in [3.63, 3.8) is 0 Å². The van der Waals surface area contributed by atoms with E-state index >= 15 is 0 Å². The molecule has 3 aromatic rings. The van der Waals surface area contributed by atoms with Crippen LogP contribution in [0.1, 0.15) is 39.1 Å². The zero-order chi connectivity index (χ0) is 31.5. The number of ketones is 1. The topological polar surface area (TPSA) is 107 Å². The van der Waals surface area contributed by atoms with Gasteiger partial charge in [-0.3, -0.25) is 19.3 Å². The average molecular weight is 766 g/mol. The van der Waals surface area contributed by atoms with Gasteiger partial charge in [-0.05, 0) is 60.9 Å². The second kappa shape index (κ2) is 13.9. The van der Waals surface area contributed by atoms with Gasteiger partial charge in [-0.15, -0.1) is 0 Å². The minimum atomic E-state index is -1.22. The molecule has 0 radical (unpaired) electrons. The van der Waals surface area contributed by atoms with Crippen molar-refractivity contribution in [3.05, 3.63) is 99.5 Å². The third-order valence-electron chi connectivity index (χ3n) is 7.69. The summed E-state index contributed by atoms with van der Waals surface area (Å²) >= 11 is 19.0. The van der Waals surface area contributed by atoms with E-state index in [1.54, 1.807) is 24.3 Å². The summed E-state index contributed by atoms with van der Waals surface area (Å²) in [6.45, 7) is -0.609. The minimum absolute atomic E-state index is 0.0171. The summed E-state index contributed by atoms with van der Waals surface area (Å²) in [4.78, 5) is 66.8. The number of benzene rings is 3. The van der Waals surface area contributed by atoms with Crippen LogP contribution in [0.15, 0.2) is 72.8 Å². The molecule has 0 aromatic heterocycles. The van der Waals surface area contributed by atoms with Crippen LogP contribution in [0.25, 0.3) is 0 Å². The molecule has 2 amide bonds. The molecule has 1 saturated carbocycles. The molecule has 44 heavy (non-hydrogen) atoms. The summed E-state index contributed by atoms with van der Waals surface area (Å²) in [6.07, 6.45) is 0.983. The van der Waals surface area contributed by atoms with E-state index in [1.165, 1.54) is 42.5 Å². The molecule has 1 saturated heterocycles. The zero-order valence-electron chi connectivity index (χ0n) is 23.0. The van der Waals surface area contributed by atoms with Crippen LogP contribution in [-0.4, -0.2) is 56.7 Å². The first-order chi connectivity index (χ1) is 21.0. The summed E-state index contributed by atoms with van der Waals surface area (Å²) in [7, 11) is 0. The number of Topliss-reactive ketones (excluding diaryl/α,β-unsaturated/α-hetero) is 1. The Balaban J connectivity index is 1.25. The molecule has 5 atom stereocenters. The molecule has 2 aliphatic rings. The summed E-state index contributed by atoms with van der Waals surface area (Å²) in [5.41, 5.74) is 1.14. The Labute approximate surface area is 280 Å². The highest BCUT2D eigenvalue weighted by atomic mass is 79.9. The van der Waals surface area contributed by atoms with Gasteiger partial charge in [0.25, 0.3) is 0 Å². The molecule has 1 aliphatic carbocycles. The number of fused-ring (bicyclic) bond motifs is 1. The maximum atomic E-state index is 13.5. The Morgan fingerprint density at radius 2 is 1.41 bits per heavy atom. The van der Waals surface area contributed by atoms with Crippen LogP contribution >= 0.6 is 55.1 Å². The Morgan fingerprint density at radius 3 is 2.00 bits per heavy atom. The molecule has 0 N–H and O–H groups in total. The van der Waals surface area contributed by atoms with Crippen molar-refractivity contribution >= 4 is 84.6 Å². The van der Waals surface area contributed by atoms with Crippen molar-refractivity contribution in [2.24, 2.45) is 11.8 Å². The Morgan fingerprint density at radius 1 is 0.818 bits per heavy atom. The highest BCUT2D eigenvalue weighted by molar-refractivity contribution is 9.12. The molecule has 228 valence electrons. The van der Waals surface area contributed by atoms with E-state index < -0.39 is 54.0 Å². The molecule has 12 heteroatoms. The normalized spacial score (nSPS) is 21.9. The van der Waals surface area contributed by atoms with E-state index in [4.69, 9.17) is 32.7 Å². The standard InChI is InChI=1S/C32H25Br2Cl2NO7/c33-23-14-21-22(15-24(23)34)30(40)37(29(21)39)27(12-17-4-2-1-3-5-17)32(42)43-16-28(38)18-6-9-20(10-7-18)44-31(41)19-8-11-25(35)26(36)13-19/h1-11,13,21-24,27H,12,14-16H2.